The van der Waals surface area contributed by atoms with E-state index in [4.69, 9.17) is 9.47 Å². The Morgan fingerprint density at radius 3 is 2.26 bits per heavy atom. The van der Waals surface area contributed by atoms with Crippen molar-refractivity contribution in [1.82, 2.24) is 5.32 Å². The fourth-order valence-corrected chi connectivity index (χ4v) is 3.52. The molecule has 0 aromatic heterocycles. The molecule has 2 aliphatic heterocycles. The Bertz CT molecular complexity index is 1010. The fourth-order valence-electron chi connectivity index (χ4n) is 3.52. The summed E-state index contributed by atoms with van der Waals surface area (Å²) in [6.45, 7) is 5.40. The molecule has 4 amide bonds. The molecule has 0 unspecified atom stereocenters. The summed E-state index contributed by atoms with van der Waals surface area (Å²) < 4.78 is 10.8. The summed E-state index contributed by atoms with van der Waals surface area (Å²) in [7, 11) is 0. The molecule has 0 aliphatic carbocycles. The average molecular weight is 421 g/mol. The topological polar surface area (TPSA) is 88.2 Å². The van der Waals surface area contributed by atoms with Crippen LogP contribution in [-0.4, -0.2) is 50.8 Å². The van der Waals surface area contributed by atoms with Crippen LogP contribution in [0.1, 0.15) is 12.5 Å². The normalized spacial score (nSPS) is 18.4. The van der Waals surface area contributed by atoms with Crippen LogP contribution in [0.2, 0.25) is 0 Å². The summed E-state index contributed by atoms with van der Waals surface area (Å²) >= 11 is 0. The first kappa shape index (κ1) is 20.6. The Balaban J connectivity index is 1.56. The summed E-state index contributed by atoms with van der Waals surface area (Å²) in [5, 5.41) is 2.24. The number of hydrogen-bond acceptors (Lipinski definition) is 6. The average Bonchev–Trinajstić information content (AvgIpc) is 2.79. The first-order valence-corrected chi connectivity index (χ1v) is 10.1. The Morgan fingerprint density at radius 2 is 1.61 bits per heavy atom. The number of ether oxygens (including phenoxy) is 2. The summed E-state index contributed by atoms with van der Waals surface area (Å²) in [6, 6.07) is 13.3. The van der Waals surface area contributed by atoms with E-state index in [-0.39, 0.29) is 5.57 Å². The van der Waals surface area contributed by atoms with Crippen molar-refractivity contribution in [1.29, 1.82) is 0 Å². The molecule has 2 aliphatic rings. The van der Waals surface area contributed by atoms with Crippen molar-refractivity contribution in [2.75, 3.05) is 42.7 Å². The van der Waals surface area contributed by atoms with E-state index in [2.05, 4.69) is 10.2 Å². The van der Waals surface area contributed by atoms with Gasteiger partial charge in [-0.25, -0.2) is 9.69 Å². The fraction of sp³-hybridized carbons (Fsp3) is 0.261. The van der Waals surface area contributed by atoms with Gasteiger partial charge in [0.25, 0.3) is 11.8 Å². The standard InChI is InChI=1S/C23H23N3O5/c1-2-31-19-9-7-18(8-10-19)26-22(28)20(21(27)24-23(26)29)15-16-3-5-17(6-4-16)25-11-13-30-14-12-25/h3-10,15H,2,11-14H2,1H3,(H,24,27,29)/b20-15+. The number of rotatable bonds is 5. The maximum atomic E-state index is 13.0. The van der Waals surface area contributed by atoms with Gasteiger partial charge < -0.3 is 14.4 Å². The number of carbonyl (C=O) groups excluding carboxylic acids is 3. The SMILES string of the molecule is CCOc1ccc(N2C(=O)NC(=O)/C(=C\c3ccc(N4CCOCC4)cc3)C2=O)cc1. The van der Waals surface area contributed by atoms with E-state index in [9.17, 15) is 14.4 Å². The van der Waals surface area contributed by atoms with Crippen molar-refractivity contribution in [3.8, 4) is 5.75 Å². The predicted molar refractivity (Wildman–Crippen MR) is 116 cm³/mol. The molecule has 0 spiro atoms. The summed E-state index contributed by atoms with van der Waals surface area (Å²) in [5.41, 5.74) is 1.99. The lowest BCUT2D eigenvalue weighted by molar-refractivity contribution is -0.122. The minimum Gasteiger partial charge on any atom is -0.494 e. The molecule has 160 valence electrons. The monoisotopic (exact) mass is 421 g/mol. The number of barbiturate groups is 1. The second-order valence-electron chi connectivity index (χ2n) is 7.08. The third kappa shape index (κ3) is 4.44. The van der Waals surface area contributed by atoms with E-state index in [0.717, 1.165) is 23.7 Å². The van der Waals surface area contributed by atoms with Crippen molar-refractivity contribution in [3.63, 3.8) is 0 Å². The lowest BCUT2D eigenvalue weighted by atomic mass is 10.1. The van der Waals surface area contributed by atoms with Crippen LogP contribution in [0.3, 0.4) is 0 Å². The van der Waals surface area contributed by atoms with Crippen molar-refractivity contribution >= 4 is 35.3 Å². The van der Waals surface area contributed by atoms with Gasteiger partial charge in [-0.2, -0.15) is 0 Å². The molecule has 0 radical (unpaired) electrons. The van der Waals surface area contributed by atoms with Gasteiger partial charge in [-0.1, -0.05) is 12.1 Å². The molecule has 0 atom stereocenters. The molecule has 4 rings (SSSR count). The molecule has 0 bridgehead atoms. The Morgan fingerprint density at radius 1 is 0.968 bits per heavy atom. The predicted octanol–water partition coefficient (Wildman–Crippen LogP) is 2.59. The minimum atomic E-state index is -0.779. The van der Waals surface area contributed by atoms with Gasteiger partial charge in [0, 0.05) is 18.8 Å². The molecule has 2 aromatic rings. The second-order valence-corrected chi connectivity index (χ2v) is 7.08. The van der Waals surface area contributed by atoms with Gasteiger partial charge in [0.2, 0.25) is 0 Å². The molecule has 2 saturated heterocycles. The van der Waals surface area contributed by atoms with Gasteiger partial charge in [-0.15, -0.1) is 0 Å². The number of benzene rings is 2. The van der Waals surface area contributed by atoms with Crippen LogP contribution >= 0.6 is 0 Å². The van der Waals surface area contributed by atoms with Crippen LogP contribution in [0.4, 0.5) is 16.2 Å². The van der Waals surface area contributed by atoms with Gasteiger partial charge in [-0.05, 0) is 55.0 Å². The van der Waals surface area contributed by atoms with Crippen molar-refractivity contribution in [2.45, 2.75) is 6.92 Å². The van der Waals surface area contributed by atoms with E-state index in [0.29, 0.717) is 36.8 Å². The van der Waals surface area contributed by atoms with Crippen molar-refractivity contribution in [2.24, 2.45) is 0 Å². The smallest absolute Gasteiger partial charge is 0.335 e. The quantitative estimate of drug-likeness (QED) is 0.590. The first-order valence-electron chi connectivity index (χ1n) is 10.1. The van der Waals surface area contributed by atoms with Gasteiger partial charge in [-0.3, -0.25) is 14.9 Å². The highest BCUT2D eigenvalue weighted by atomic mass is 16.5. The number of hydrogen-bond donors (Lipinski definition) is 1. The maximum Gasteiger partial charge on any atom is 0.335 e. The van der Waals surface area contributed by atoms with Crippen LogP contribution in [0.25, 0.3) is 6.08 Å². The lowest BCUT2D eigenvalue weighted by Gasteiger charge is -2.29. The Labute approximate surface area is 180 Å². The highest BCUT2D eigenvalue weighted by Crippen LogP contribution is 2.25. The number of amides is 4. The molecular formula is C23H23N3O5. The zero-order valence-corrected chi connectivity index (χ0v) is 17.2. The molecule has 0 saturated carbocycles. The van der Waals surface area contributed by atoms with Gasteiger partial charge in [0.15, 0.2) is 0 Å². The Kier molecular flexibility index (Phi) is 5.99. The highest BCUT2D eigenvalue weighted by Gasteiger charge is 2.36. The summed E-state index contributed by atoms with van der Waals surface area (Å²) in [5.74, 6) is -0.757. The van der Waals surface area contributed by atoms with Gasteiger partial charge in [0.05, 0.1) is 25.5 Å². The number of carbonyl (C=O) groups is 3. The largest absolute Gasteiger partial charge is 0.494 e. The van der Waals surface area contributed by atoms with Crippen molar-refractivity contribution < 1.29 is 23.9 Å². The third-order valence-corrected chi connectivity index (χ3v) is 5.09. The van der Waals surface area contributed by atoms with Crippen LogP contribution < -0.4 is 19.9 Å². The molecule has 2 aromatic carbocycles. The van der Waals surface area contributed by atoms with E-state index in [1.54, 1.807) is 24.3 Å². The molecule has 8 heteroatoms. The number of nitrogens with zero attached hydrogens (tertiary/aromatic N) is 2. The van der Waals surface area contributed by atoms with Crippen LogP contribution in [0.5, 0.6) is 5.75 Å². The first-order chi connectivity index (χ1) is 15.1. The Hall–Kier alpha value is -3.65. The number of urea groups is 1. The number of anilines is 2. The molecule has 2 fully saturated rings. The molecule has 1 N–H and O–H groups in total. The molecule has 2 heterocycles. The van der Waals surface area contributed by atoms with Gasteiger partial charge >= 0.3 is 6.03 Å². The van der Waals surface area contributed by atoms with E-state index in [1.807, 2.05) is 31.2 Å². The van der Waals surface area contributed by atoms with E-state index < -0.39 is 17.8 Å². The van der Waals surface area contributed by atoms with E-state index >= 15 is 0 Å². The van der Waals surface area contributed by atoms with E-state index in [1.165, 1.54) is 6.08 Å². The molecule has 31 heavy (non-hydrogen) atoms. The summed E-state index contributed by atoms with van der Waals surface area (Å²) in [4.78, 5) is 40.9. The highest BCUT2D eigenvalue weighted by molar-refractivity contribution is 6.39. The van der Waals surface area contributed by atoms with Crippen LogP contribution in [0, 0.1) is 0 Å². The third-order valence-electron chi connectivity index (χ3n) is 5.09. The minimum absolute atomic E-state index is 0.104. The lowest BCUT2D eigenvalue weighted by Crippen LogP contribution is -2.54. The number of nitrogens with one attached hydrogen (secondary N) is 1. The number of imide groups is 2. The zero-order chi connectivity index (χ0) is 21.8. The summed E-state index contributed by atoms with van der Waals surface area (Å²) in [6.07, 6.45) is 1.49. The molecular weight excluding hydrogens is 398 g/mol. The molecule has 8 nitrogen and oxygen atoms in total. The van der Waals surface area contributed by atoms with Gasteiger partial charge in [0.1, 0.15) is 11.3 Å². The van der Waals surface area contributed by atoms with Crippen molar-refractivity contribution in [3.05, 3.63) is 59.7 Å². The van der Waals surface area contributed by atoms with Crippen LogP contribution in [0.15, 0.2) is 54.1 Å². The number of morpholine rings is 1. The second kappa shape index (κ2) is 9.01. The maximum absolute atomic E-state index is 13.0. The van der Waals surface area contributed by atoms with Crippen LogP contribution in [-0.2, 0) is 14.3 Å². The zero-order valence-electron chi connectivity index (χ0n) is 17.2.